The predicted molar refractivity (Wildman–Crippen MR) is 146 cm³/mol. The lowest BCUT2D eigenvalue weighted by Crippen LogP contribution is -2.45. The molecule has 0 spiro atoms. The number of aromatic nitrogens is 3. The number of aromatic amines is 1. The number of nitrogens with one attached hydrogen (secondary N) is 2. The fraction of sp³-hybridized carbons (Fsp3) is 0.357. The van der Waals surface area contributed by atoms with Crippen molar-refractivity contribution in [3.8, 4) is 16.9 Å². The minimum Gasteiger partial charge on any atom is -0.395 e. The molecule has 0 radical (unpaired) electrons. The molecule has 0 unspecified atom stereocenters. The molecular weight excluding hydrogens is 509 g/mol. The Kier molecular flexibility index (Phi) is 7.92. The maximum absolute atomic E-state index is 15.0. The summed E-state index contributed by atoms with van der Waals surface area (Å²) in [5, 5.41) is 13.5. The Morgan fingerprint density at radius 3 is 2.79 bits per heavy atom. The molecule has 0 bridgehead atoms. The first kappa shape index (κ1) is 26.5. The third-order valence-corrected chi connectivity index (χ3v) is 7.12. The second kappa shape index (κ2) is 11.3. The number of morpholine rings is 1. The quantitative estimate of drug-likeness (QED) is 0.270. The molecule has 0 amide bonds. The zero-order valence-corrected chi connectivity index (χ0v) is 21.8. The third kappa shape index (κ3) is 5.67. The Labute approximate surface area is 224 Å². The van der Waals surface area contributed by atoms with Gasteiger partial charge in [0.1, 0.15) is 5.65 Å². The lowest BCUT2D eigenvalue weighted by molar-refractivity contribution is 0.0265. The van der Waals surface area contributed by atoms with Crippen LogP contribution in [0.5, 0.6) is 0 Å². The van der Waals surface area contributed by atoms with Crippen LogP contribution in [-0.2, 0) is 11.2 Å². The fourth-order valence-corrected chi connectivity index (χ4v) is 5.05. The first-order valence-corrected chi connectivity index (χ1v) is 13.1. The number of fused-ring (bicyclic) bond motifs is 1. The number of hydrogen-bond donors (Lipinski definition) is 4. The molecule has 1 aliphatic heterocycles. The minimum absolute atomic E-state index is 0.00226. The van der Waals surface area contributed by atoms with Crippen LogP contribution in [0.1, 0.15) is 36.9 Å². The van der Waals surface area contributed by atoms with Gasteiger partial charge in [-0.1, -0.05) is 23.7 Å². The minimum atomic E-state index is -0.524. The van der Waals surface area contributed by atoms with E-state index in [2.05, 4.69) is 15.3 Å². The third-order valence-electron chi connectivity index (χ3n) is 6.85. The number of benzene rings is 2. The average Bonchev–Trinajstić information content (AvgIpc) is 3.32. The Balaban J connectivity index is 1.43. The molecule has 5 rings (SSSR count). The van der Waals surface area contributed by atoms with E-state index < -0.39 is 11.5 Å². The Morgan fingerprint density at radius 1 is 1.26 bits per heavy atom. The van der Waals surface area contributed by atoms with E-state index in [0.29, 0.717) is 41.2 Å². The van der Waals surface area contributed by atoms with Crippen LogP contribution in [0.3, 0.4) is 0 Å². The number of aryl methyl sites for hydroxylation is 1. The molecule has 4 aromatic rings. The van der Waals surface area contributed by atoms with Crippen molar-refractivity contribution in [1.82, 2.24) is 19.9 Å². The van der Waals surface area contributed by atoms with Gasteiger partial charge in [-0.3, -0.25) is 4.57 Å². The number of halogens is 2. The van der Waals surface area contributed by atoms with Gasteiger partial charge in [0, 0.05) is 23.2 Å². The van der Waals surface area contributed by atoms with E-state index in [4.69, 9.17) is 22.1 Å². The molecule has 3 heterocycles. The van der Waals surface area contributed by atoms with Crippen LogP contribution in [0.25, 0.3) is 28.0 Å². The molecule has 0 saturated carbocycles. The number of hydrogen-bond acceptors (Lipinski definition) is 6. The Hall–Kier alpha value is -3.08. The van der Waals surface area contributed by atoms with E-state index in [1.165, 1.54) is 4.57 Å². The highest BCUT2D eigenvalue weighted by Gasteiger charge is 2.22. The van der Waals surface area contributed by atoms with E-state index in [1.54, 1.807) is 24.4 Å². The van der Waals surface area contributed by atoms with Crippen molar-refractivity contribution >= 4 is 22.6 Å². The molecule has 2 aromatic carbocycles. The number of nitrogens with two attached hydrogens (primary N) is 1. The second-order valence-electron chi connectivity index (χ2n) is 9.92. The van der Waals surface area contributed by atoms with Gasteiger partial charge < -0.3 is 25.9 Å². The summed E-state index contributed by atoms with van der Waals surface area (Å²) >= 11 is 6.22. The number of H-pyrrole nitrogens is 1. The fourth-order valence-electron chi connectivity index (χ4n) is 4.81. The van der Waals surface area contributed by atoms with Gasteiger partial charge in [-0.2, -0.15) is 4.98 Å². The molecule has 1 saturated heterocycles. The normalized spacial score (nSPS) is 18.7. The number of ether oxygens (including phenoxy) is 1. The lowest BCUT2D eigenvalue weighted by atomic mass is 10.0. The lowest BCUT2D eigenvalue weighted by Gasteiger charge is -2.30. The first-order chi connectivity index (χ1) is 18.3. The zero-order chi connectivity index (χ0) is 26.8. The number of nitrogens with zero attached hydrogens (tertiary/aromatic N) is 2. The zero-order valence-electron chi connectivity index (χ0n) is 21.1. The number of rotatable bonds is 8. The Morgan fingerprint density at radius 2 is 2.05 bits per heavy atom. The van der Waals surface area contributed by atoms with Crippen molar-refractivity contribution in [3.05, 3.63) is 81.1 Å². The summed E-state index contributed by atoms with van der Waals surface area (Å²) in [5.74, 6) is -0.524. The predicted octanol–water partition coefficient (Wildman–Crippen LogP) is 3.87. The van der Waals surface area contributed by atoms with E-state index in [0.717, 1.165) is 30.4 Å². The van der Waals surface area contributed by atoms with Crippen molar-refractivity contribution in [2.24, 2.45) is 5.73 Å². The molecule has 1 fully saturated rings. The molecule has 2 aromatic heterocycles. The van der Waals surface area contributed by atoms with Crippen molar-refractivity contribution in [2.45, 2.75) is 44.3 Å². The van der Waals surface area contributed by atoms with Crippen molar-refractivity contribution in [3.63, 3.8) is 0 Å². The number of aliphatic hydroxyl groups excluding tert-OH is 1. The topological polar surface area (TPSA) is 118 Å². The van der Waals surface area contributed by atoms with Gasteiger partial charge in [0.15, 0.2) is 5.82 Å². The summed E-state index contributed by atoms with van der Waals surface area (Å²) in [6.45, 7) is 2.94. The van der Waals surface area contributed by atoms with Crippen LogP contribution in [0.15, 0.2) is 53.5 Å². The Bertz CT molecular complexity index is 1480. The highest BCUT2D eigenvalue weighted by Crippen LogP contribution is 2.31. The maximum Gasteiger partial charge on any atom is 0.354 e. The summed E-state index contributed by atoms with van der Waals surface area (Å²) in [6, 6.07) is 12.7. The highest BCUT2D eigenvalue weighted by molar-refractivity contribution is 6.31. The monoisotopic (exact) mass is 539 g/mol. The molecule has 8 nitrogen and oxygen atoms in total. The van der Waals surface area contributed by atoms with Crippen LogP contribution in [0.2, 0.25) is 5.02 Å². The van der Waals surface area contributed by atoms with Gasteiger partial charge >= 0.3 is 5.69 Å². The van der Waals surface area contributed by atoms with Gasteiger partial charge in [-0.25, -0.2) is 9.18 Å². The van der Waals surface area contributed by atoms with Gasteiger partial charge in [-0.15, -0.1) is 0 Å². The largest absolute Gasteiger partial charge is 0.395 e. The van der Waals surface area contributed by atoms with E-state index >= 15 is 4.39 Å². The van der Waals surface area contributed by atoms with E-state index in [9.17, 15) is 9.90 Å². The molecule has 200 valence electrons. The summed E-state index contributed by atoms with van der Waals surface area (Å²) in [5.41, 5.74) is 9.15. The van der Waals surface area contributed by atoms with E-state index in [-0.39, 0.29) is 29.8 Å². The summed E-state index contributed by atoms with van der Waals surface area (Å²) in [6.07, 6.45) is 4.16. The van der Waals surface area contributed by atoms with Crippen LogP contribution in [0, 0.1) is 5.82 Å². The smallest absolute Gasteiger partial charge is 0.354 e. The molecule has 3 atom stereocenters. The van der Waals surface area contributed by atoms with Gasteiger partial charge in [0.05, 0.1) is 48.3 Å². The summed E-state index contributed by atoms with van der Waals surface area (Å²) in [4.78, 5) is 20.1. The molecule has 0 aliphatic carbocycles. The van der Waals surface area contributed by atoms with Crippen LogP contribution in [-0.4, -0.2) is 51.5 Å². The molecule has 1 aliphatic rings. The molecule has 10 heteroatoms. The SMILES string of the molecule is C[C@H](N)CCCc1cc(Cl)c(F)c(-c2cc3cn(-c4ccc([C@@H]5COC[C@@H](CO)N5)cc4)c(=O)nc3[nH]2)c1. The van der Waals surface area contributed by atoms with Crippen LogP contribution >= 0.6 is 11.6 Å². The second-order valence-corrected chi connectivity index (χ2v) is 10.3. The highest BCUT2D eigenvalue weighted by atomic mass is 35.5. The van der Waals surface area contributed by atoms with Gasteiger partial charge in [-0.05, 0) is 67.6 Å². The molecule has 5 N–H and O–H groups in total. The van der Waals surface area contributed by atoms with Gasteiger partial charge in [0.25, 0.3) is 0 Å². The average molecular weight is 540 g/mol. The first-order valence-electron chi connectivity index (χ1n) is 12.7. The van der Waals surface area contributed by atoms with Gasteiger partial charge in [0.2, 0.25) is 0 Å². The van der Waals surface area contributed by atoms with Crippen molar-refractivity contribution < 1.29 is 14.2 Å². The molecule has 38 heavy (non-hydrogen) atoms. The van der Waals surface area contributed by atoms with E-state index in [1.807, 2.05) is 31.2 Å². The summed E-state index contributed by atoms with van der Waals surface area (Å²) in [7, 11) is 0. The van der Waals surface area contributed by atoms with Crippen LogP contribution < -0.4 is 16.7 Å². The molecular formula is C28H31ClFN5O3. The van der Waals surface area contributed by atoms with Crippen LogP contribution in [0.4, 0.5) is 4.39 Å². The maximum atomic E-state index is 15.0. The standard InChI is InChI=1S/C28H31ClFN5O3/c1-16(31)3-2-4-17-9-22(26(30)23(29)10-17)24-11-19-12-35(28(37)34-27(19)33-24)21-7-5-18(6-8-21)25-15-38-14-20(13-36)32-25/h5-12,16,20,25,32,36H,2-4,13-15,31H2,1H3,(H,33,34,37)/t16-,20+,25-/m0/s1. The van der Waals surface area contributed by atoms with Crippen molar-refractivity contribution in [2.75, 3.05) is 19.8 Å². The summed E-state index contributed by atoms with van der Waals surface area (Å²) < 4.78 is 22.1. The van der Waals surface area contributed by atoms with Crippen molar-refractivity contribution in [1.29, 1.82) is 0 Å². The number of aliphatic hydroxyl groups is 1.